The fourth-order valence-corrected chi connectivity index (χ4v) is 2.21. The Labute approximate surface area is 123 Å². The lowest BCUT2D eigenvalue weighted by Crippen LogP contribution is -2.37. The van der Waals surface area contributed by atoms with Crippen molar-refractivity contribution in [2.45, 2.75) is 46.1 Å². The average Bonchev–Trinajstić information content (AvgIpc) is 2.43. The molecule has 3 heteroatoms. The maximum Gasteiger partial charge on any atom is 0.0407 e. The van der Waals surface area contributed by atoms with Crippen molar-refractivity contribution in [3.63, 3.8) is 0 Å². The van der Waals surface area contributed by atoms with Crippen molar-refractivity contribution >= 4 is 17.3 Å². The summed E-state index contributed by atoms with van der Waals surface area (Å²) in [7, 11) is 0. The van der Waals surface area contributed by atoms with Gasteiger partial charge in [0.2, 0.25) is 0 Å². The quantitative estimate of drug-likeness (QED) is 0.709. The summed E-state index contributed by atoms with van der Waals surface area (Å²) < 4.78 is 0. The molecule has 0 radical (unpaired) electrons. The van der Waals surface area contributed by atoms with Gasteiger partial charge in [-0.05, 0) is 50.6 Å². The Morgan fingerprint density at radius 1 is 1.16 bits per heavy atom. The molecule has 0 heterocycles. The van der Waals surface area contributed by atoms with Gasteiger partial charge in [0, 0.05) is 29.8 Å². The molecule has 0 spiro atoms. The second kappa shape index (κ2) is 9.22. The smallest absolute Gasteiger partial charge is 0.0407 e. The minimum absolute atomic E-state index is 0.665. The van der Waals surface area contributed by atoms with E-state index < -0.39 is 0 Å². The van der Waals surface area contributed by atoms with E-state index in [-0.39, 0.29) is 0 Å². The van der Waals surface area contributed by atoms with Gasteiger partial charge in [-0.2, -0.15) is 0 Å². The number of hydrogen-bond acceptors (Lipinski definition) is 2. The number of unbranched alkanes of at least 4 members (excludes halogenated alkanes) is 1. The molecule has 108 valence electrons. The van der Waals surface area contributed by atoms with E-state index in [2.05, 4.69) is 31.0 Å². The van der Waals surface area contributed by atoms with Crippen LogP contribution in [-0.2, 0) is 0 Å². The van der Waals surface area contributed by atoms with Gasteiger partial charge in [0.1, 0.15) is 0 Å². The largest absolute Gasteiger partial charge is 0.384 e. The first kappa shape index (κ1) is 16.3. The first-order valence-electron chi connectivity index (χ1n) is 7.40. The molecule has 2 nitrogen and oxygen atoms in total. The summed E-state index contributed by atoms with van der Waals surface area (Å²) in [6.45, 7) is 10.1. The van der Waals surface area contributed by atoms with Gasteiger partial charge in [0.15, 0.2) is 0 Å². The normalized spacial score (nSPS) is 12.7. The number of anilines is 1. The van der Waals surface area contributed by atoms with Gasteiger partial charge in [-0.1, -0.05) is 31.9 Å². The van der Waals surface area contributed by atoms with Crippen molar-refractivity contribution in [2.24, 2.45) is 0 Å². The average molecular weight is 283 g/mol. The first-order chi connectivity index (χ1) is 9.17. The van der Waals surface area contributed by atoms with Crippen LogP contribution in [0, 0.1) is 0 Å². The molecule has 19 heavy (non-hydrogen) atoms. The lowest BCUT2D eigenvalue weighted by molar-refractivity contribution is 0.208. The lowest BCUT2D eigenvalue weighted by Gasteiger charge is -2.28. The van der Waals surface area contributed by atoms with E-state index in [4.69, 9.17) is 11.6 Å². The van der Waals surface area contributed by atoms with E-state index in [1.807, 2.05) is 24.3 Å². The zero-order chi connectivity index (χ0) is 14.1. The monoisotopic (exact) mass is 282 g/mol. The third kappa shape index (κ3) is 6.31. The van der Waals surface area contributed by atoms with Crippen LogP contribution >= 0.6 is 11.6 Å². The molecule has 1 N–H and O–H groups in total. The molecule has 1 atom stereocenters. The summed E-state index contributed by atoms with van der Waals surface area (Å²) in [5.74, 6) is 0. The predicted molar refractivity (Wildman–Crippen MR) is 86.2 cm³/mol. The number of hydrogen-bond donors (Lipinski definition) is 1. The van der Waals surface area contributed by atoms with Crippen LogP contribution in [0.4, 0.5) is 5.69 Å². The summed E-state index contributed by atoms with van der Waals surface area (Å²) in [6, 6.07) is 8.57. The van der Waals surface area contributed by atoms with Gasteiger partial charge in [0.05, 0.1) is 0 Å². The molecule has 0 amide bonds. The number of benzene rings is 1. The van der Waals surface area contributed by atoms with Crippen LogP contribution in [0.5, 0.6) is 0 Å². The second-order valence-corrected chi connectivity index (χ2v) is 5.52. The molecule has 0 fully saturated rings. The molecule has 0 aliphatic carbocycles. The minimum atomic E-state index is 0.665. The van der Waals surface area contributed by atoms with Gasteiger partial charge in [-0.25, -0.2) is 0 Å². The van der Waals surface area contributed by atoms with Crippen molar-refractivity contribution in [3.8, 4) is 0 Å². The van der Waals surface area contributed by atoms with Gasteiger partial charge in [-0.15, -0.1) is 0 Å². The van der Waals surface area contributed by atoms with Crippen LogP contribution < -0.4 is 5.32 Å². The first-order valence-corrected chi connectivity index (χ1v) is 7.78. The van der Waals surface area contributed by atoms with E-state index in [1.54, 1.807) is 0 Å². The van der Waals surface area contributed by atoms with Gasteiger partial charge in [0.25, 0.3) is 0 Å². The molecular weight excluding hydrogens is 256 g/mol. The molecule has 1 aromatic carbocycles. The summed E-state index contributed by atoms with van der Waals surface area (Å²) in [5, 5.41) is 4.24. The third-order valence-electron chi connectivity index (χ3n) is 3.59. The topological polar surface area (TPSA) is 15.3 Å². The van der Waals surface area contributed by atoms with E-state index in [1.165, 1.54) is 25.8 Å². The lowest BCUT2D eigenvalue weighted by atomic mass is 10.2. The SMILES string of the molecule is CCCCN(CCNc1ccc(Cl)cc1)C(C)CC. The Bertz CT molecular complexity index is 337. The van der Waals surface area contributed by atoms with E-state index in [0.29, 0.717) is 6.04 Å². The zero-order valence-electron chi connectivity index (χ0n) is 12.5. The molecule has 0 aliphatic rings. The highest BCUT2D eigenvalue weighted by Crippen LogP contribution is 2.13. The van der Waals surface area contributed by atoms with Crippen LogP contribution in [0.2, 0.25) is 5.02 Å². The van der Waals surface area contributed by atoms with Crippen molar-refractivity contribution in [1.29, 1.82) is 0 Å². The highest BCUT2D eigenvalue weighted by atomic mass is 35.5. The molecule has 1 rings (SSSR count). The summed E-state index contributed by atoms with van der Waals surface area (Å²) in [4.78, 5) is 2.58. The molecule has 0 aliphatic heterocycles. The number of nitrogens with one attached hydrogen (secondary N) is 1. The molecular formula is C16H27ClN2. The zero-order valence-corrected chi connectivity index (χ0v) is 13.2. The highest BCUT2D eigenvalue weighted by molar-refractivity contribution is 6.30. The Morgan fingerprint density at radius 2 is 1.84 bits per heavy atom. The predicted octanol–water partition coefficient (Wildman–Crippen LogP) is 4.65. The maximum atomic E-state index is 5.88. The fourth-order valence-electron chi connectivity index (χ4n) is 2.08. The van der Waals surface area contributed by atoms with Crippen molar-refractivity contribution in [1.82, 2.24) is 4.90 Å². The van der Waals surface area contributed by atoms with E-state index in [9.17, 15) is 0 Å². The standard InChI is InChI=1S/C16H27ClN2/c1-4-6-12-19(14(3)5-2)13-11-18-16-9-7-15(17)8-10-16/h7-10,14,18H,4-6,11-13H2,1-3H3. The highest BCUT2D eigenvalue weighted by Gasteiger charge is 2.10. The summed E-state index contributed by atoms with van der Waals surface area (Å²) in [5.41, 5.74) is 1.14. The fraction of sp³-hybridized carbons (Fsp3) is 0.625. The van der Waals surface area contributed by atoms with Gasteiger partial charge in [-0.3, -0.25) is 4.90 Å². The molecule has 1 aromatic rings. The Morgan fingerprint density at radius 3 is 2.42 bits per heavy atom. The number of nitrogens with zero attached hydrogens (tertiary/aromatic N) is 1. The van der Waals surface area contributed by atoms with Crippen LogP contribution in [0.1, 0.15) is 40.0 Å². The van der Waals surface area contributed by atoms with Crippen molar-refractivity contribution in [3.05, 3.63) is 29.3 Å². The summed E-state index contributed by atoms with van der Waals surface area (Å²) in [6.07, 6.45) is 3.76. The second-order valence-electron chi connectivity index (χ2n) is 5.08. The van der Waals surface area contributed by atoms with Crippen molar-refractivity contribution in [2.75, 3.05) is 25.0 Å². The maximum absolute atomic E-state index is 5.88. The summed E-state index contributed by atoms with van der Waals surface area (Å²) >= 11 is 5.88. The van der Waals surface area contributed by atoms with E-state index in [0.717, 1.165) is 23.8 Å². The Hall–Kier alpha value is -0.730. The van der Waals surface area contributed by atoms with E-state index >= 15 is 0 Å². The molecule has 0 saturated heterocycles. The van der Waals surface area contributed by atoms with Crippen LogP contribution in [0.25, 0.3) is 0 Å². The van der Waals surface area contributed by atoms with Gasteiger partial charge >= 0.3 is 0 Å². The Kier molecular flexibility index (Phi) is 7.92. The van der Waals surface area contributed by atoms with Crippen LogP contribution in [-0.4, -0.2) is 30.6 Å². The van der Waals surface area contributed by atoms with Crippen LogP contribution in [0.3, 0.4) is 0 Å². The third-order valence-corrected chi connectivity index (χ3v) is 3.84. The molecule has 0 aromatic heterocycles. The molecule has 0 saturated carbocycles. The molecule has 1 unspecified atom stereocenters. The molecule has 0 bridgehead atoms. The van der Waals surface area contributed by atoms with Crippen molar-refractivity contribution < 1.29 is 0 Å². The Balaban J connectivity index is 2.36. The number of halogens is 1. The van der Waals surface area contributed by atoms with Crippen LogP contribution in [0.15, 0.2) is 24.3 Å². The van der Waals surface area contributed by atoms with Gasteiger partial charge < -0.3 is 5.32 Å². The minimum Gasteiger partial charge on any atom is -0.384 e. The number of rotatable bonds is 9.